The van der Waals surface area contributed by atoms with Crippen LogP contribution in [0.15, 0.2) is 71.8 Å². The third-order valence-electron chi connectivity index (χ3n) is 5.17. The van der Waals surface area contributed by atoms with Crippen molar-refractivity contribution in [2.75, 3.05) is 20.3 Å². The van der Waals surface area contributed by atoms with Crippen LogP contribution in [0.3, 0.4) is 0 Å². The Bertz CT molecular complexity index is 1030. The van der Waals surface area contributed by atoms with Gasteiger partial charge in [0.1, 0.15) is 5.56 Å². The van der Waals surface area contributed by atoms with Crippen LogP contribution in [0.1, 0.15) is 40.1 Å². The summed E-state index contributed by atoms with van der Waals surface area (Å²) in [6.45, 7) is 4.80. The second kappa shape index (κ2) is 9.98. The zero-order valence-electron chi connectivity index (χ0n) is 17.6. The van der Waals surface area contributed by atoms with Crippen LogP contribution >= 0.6 is 0 Å². The molecule has 2 heterocycles. The number of aryl methyl sites for hydroxylation is 1. The SMILES string of the molecule is COCCN(Cc1ccccn1)C(=O)c1c(C)ccn(C(C)c2ccccc2)c1=O. The number of ether oxygens (including phenoxy) is 1. The summed E-state index contributed by atoms with van der Waals surface area (Å²) in [5.41, 5.74) is 2.32. The molecule has 0 radical (unpaired) electrons. The average molecular weight is 405 g/mol. The van der Waals surface area contributed by atoms with E-state index >= 15 is 0 Å². The Kier molecular flexibility index (Phi) is 7.14. The van der Waals surface area contributed by atoms with Gasteiger partial charge >= 0.3 is 0 Å². The molecule has 3 rings (SSSR count). The van der Waals surface area contributed by atoms with Crippen LogP contribution in [0.5, 0.6) is 0 Å². The molecule has 0 aliphatic carbocycles. The lowest BCUT2D eigenvalue weighted by Gasteiger charge is -2.24. The third-order valence-corrected chi connectivity index (χ3v) is 5.17. The number of rotatable bonds is 8. The molecular weight excluding hydrogens is 378 g/mol. The maximum absolute atomic E-state index is 13.4. The van der Waals surface area contributed by atoms with Crippen molar-refractivity contribution >= 4 is 5.91 Å². The van der Waals surface area contributed by atoms with Gasteiger partial charge in [0.2, 0.25) is 0 Å². The maximum Gasteiger partial charge on any atom is 0.264 e. The van der Waals surface area contributed by atoms with Gasteiger partial charge in [0.25, 0.3) is 11.5 Å². The Labute approximate surface area is 176 Å². The first-order valence-corrected chi connectivity index (χ1v) is 9.97. The van der Waals surface area contributed by atoms with Gasteiger partial charge in [0, 0.05) is 26.0 Å². The summed E-state index contributed by atoms with van der Waals surface area (Å²) in [5.74, 6) is -0.310. The Morgan fingerprint density at radius 3 is 2.53 bits per heavy atom. The first-order chi connectivity index (χ1) is 14.5. The number of hydrogen-bond donors (Lipinski definition) is 0. The Morgan fingerprint density at radius 1 is 1.13 bits per heavy atom. The quantitative estimate of drug-likeness (QED) is 0.576. The minimum Gasteiger partial charge on any atom is -0.383 e. The first kappa shape index (κ1) is 21.5. The molecule has 1 atom stereocenters. The molecule has 6 nitrogen and oxygen atoms in total. The molecule has 0 aliphatic heterocycles. The Morgan fingerprint density at radius 2 is 1.87 bits per heavy atom. The van der Waals surface area contributed by atoms with Gasteiger partial charge in [-0.05, 0) is 43.2 Å². The van der Waals surface area contributed by atoms with Gasteiger partial charge in [-0.15, -0.1) is 0 Å². The van der Waals surface area contributed by atoms with E-state index in [1.54, 1.807) is 35.9 Å². The molecule has 0 fully saturated rings. The zero-order chi connectivity index (χ0) is 21.5. The van der Waals surface area contributed by atoms with Crippen molar-refractivity contribution in [1.29, 1.82) is 0 Å². The number of nitrogens with zero attached hydrogens (tertiary/aromatic N) is 3. The number of methoxy groups -OCH3 is 1. The van der Waals surface area contributed by atoms with Crippen molar-refractivity contribution in [3.63, 3.8) is 0 Å². The zero-order valence-corrected chi connectivity index (χ0v) is 17.6. The van der Waals surface area contributed by atoms with Crippen LogP contribution in [0, 0.1) is 6.92 Å². The molecule has 0 saturated carbocycles. The summed E-state index contributed by atoms with van der Waals surface area (Å²) < 4.78 is 6.79. The molecule has 0 spiro atoms. The number of carbonyl (C=O) groups is 1. The molecule has 1 amide bonds. The van der Waals surface area contributed by atoms with Crippen molar-refractivity contribution in [2.45, 2.75) is 26.4 Å². The molecule has 1 unspecified atom stereocenters. The van der Waals surface area contributed by atoms with Gasteiger partial charge in [-0.1, -0.05) is 36.4 Å². The molecule has 2 aromatic heterocycles. The average Bonchev–Trinajstić information content (AvgIpc) is 2.77. The summed E-state index contributed by atoms with van der Waals surface area (Å²) in [4.78, 5) is 32.7. The molecule has 30 heavy (non-hydrogen) atoms. The van der Waals surface area contributed by atoms with Gasteiger partial charge < -0.3 is 14.2 Å². The topological polar surface area (TPSA) is 64.4 Å². The summed E-state index contributed by atoms with van der Waals surface area (Å²) in [6, 6.07) is 17.0. The summed E-state index contributed by atoms with van der Waals surface area (Å²) in [5, 5.41) is 0. The van der Waals surface area contributed by atoms with Gasteiger partial charge in [-0.3, -0.25) is 14.6 Å². The molecule has 6 heteroatoms. The normalized spacial score (nSPS) is 11.8. The van der Waals surface area contributed by atoms with E-state index in [2.05, 4.69) is 4.98 Å². The molecule has 0 aliphatic rings. The van der Waals surface area contributed by atoms with E-state index in [-0.39, 0.29) is 23.1 Å². The van der Waals surface area contributed by atoms with E-state index in [0.717, 1.165) is 11.3 Å². The van der Waals surface area contributed by atoms with Gasteiger partial charge in [0.15, 0.2) is 0 Å². The summed E-state index contributed by atoms with van der Waals surface area (Å²) in [7, 11) is 1.59. The monoisotopic (exact) mass is 405 g/mol. The highest BCUT2D eigenvalue weighted by molar-refractivity contribution is 5.95. The lowest BCUT2D eigenvalue weighted by Crippen LogP contribution is -2.39. The van der Waals surface area contributed by atoms with E-state index in [0.29, 0.717) is 25.3 Å². The van der Waals surface area contributed by atoms with Gasteiger partial charge in [-0.2, -0.15) is 0 Å². The molecule has 0 bridgehead atoms. The summed E-state index contributed by atoms with van der Waals surface area (Å²) in [6.07, 6.45) is 3.45. The molecule has 3 aromatic rings. The predicted octanol–water partition coefficient (Wildman–Crippen LogP) is 3.45. The van der Waals surface area contributed by atoms with E-state index < -0.39 is 0 Å². The highest BCUT2D eigenvalue weighted by Crippen LogP contribution is 2.17. The predicted molar refractivity (Wildman–Crippen MR) is 117 cm³/mol. The van der Waals surface area contributed by atoms with Crippen LogP contribution in [0.4, 0.5) is 0 Å². The number of aromatic nitrogens is 2. The van der Waals surface area contributed by atoms with Crippen molar-refractivity contribution < 1.29 is 9.53 Å². The van der Waals surface area contributed by atoms with Crippen LogP contribution in [-0.4, -0.2) is 40.6 Å². The molecular formula is C24H27N3O3. The van der Waals surface area contributed by atoms with Crippen LogP contribution in [-0.2, 0) is 11.3 Å². The number of carbonyl (C=O) groups excluding carboxylic acids is 1. The van der Waals surface area contributed by atoms with Crippen molar-refractivity contribution in [3.8, 4) is 0 Å². The van der Waals surface area contributed by atoms with Gasteiger partial charge in [-0.25, -0.2) is 0 Å². The van der Waals surface area contributed by atoms with Crippen molar-refractivity contribution in [2.24, 2.45) is 0 Å². The standard InChI is InChI=1S/C24H27N3O3/c1-18-12-14-27(19(2)20-9-5-4-6-10-20)24(29)22(18)23(28)26(15-16-30-3)17-21-11-7-8-13-25-21/h4-14,19H,15-17H2,1-3H3. The molecule has 0 saturated heterocycles. The van der Waals surface area contributed by atoms with Crippen LogP contribution < -0.4 is 5.56 Å². The Balaban J connectivity index is 1.97. The molecule has 156 valence electrons. The van der Waals surface area contributed by atoms with Crippen molar-refractivity contribution in [3.05, 3.63) is 99.7 Å². The van der Waals surface area contributed by atoms with E-state index in [1.807, 2.05) is 61.5 Å². The Hall–Kier alpha value is -3.25. The maximum atomic E-state index is 13.4. The second-order valence-corrected chi connectivity index (χ2v) is 7.21. The van der Waals surface area contributed by atoms with E-state index in [9.17, 15) is 9.59 Å². The number of pyridine rings is 2. The van der Waals surface area contributed by atoms with E-state index in [1.165, 1.54) is 0 Å². The van der Waals surface area contributed by atoms with Crippen LogP contribution in [0.2, 0.25) is 0 Å². The highest BCUT2D eigenvalue weighted by atomic mass is 16.5. The second-order valence-electron chi connectivity index (χ2n) is 7.21. The number of benzene rings is 1. The fourth-order valence-electron chi connectivity index (χ4n) is 3.40. The lowest BCUT2D eigenvalue weighted by molar-refractivity contribution is 0.0674. The molecule has 1 aromatic carbocycles. The minimum absolute atomic E-state index is 0.186. The van der Waals surface area contributed by atoms with Crippen molar-refractivity contribution in [1.82, 2.24) is 14.5 Å². The first-order valence-electron chi connectivity index (χ1n) is 9.97. The summed E-state index contributed by atoms with van der Waals surface area (Å²) >= 11 is 0. The van der Waals surface area contributed by atoms with Crippen LogP contribution in [0.25, 0.3) is 0 Å². The highest BCUT2D eigenvalue weighted by Gasteiger charge is 2.24. The van der Waals surface area contributed by atoms with Gasteiger partial charge in [0.05, 0.1) is 24.9 Å². The third kappa shape index (κ3) is 4.83. The lowest BCUT2D eigenvalue weighted by atomic mass is 10.1. The number of hydrogen-bond acceptors (Lipinski definition) is 4. The minimum atomic E-state index is -0.310. The number of amides is 1. The fraction of sp³-hybridized carbons (Fsp3) is 0.292. The molecule has 0 N–H and O–H groups in total. The smallest absolute Gasteiger partial charge is 0.264 e. The van der Waals surface area contributed by atoms with E-state index in [4.69, 9.17) is 4.74 Å². The fourth-order valence-corrected chi connectivity index (χ4v) is 3.40. The largest absolute Gasteiger partial charge is 0.383 e.